The van der Waals surface area contributed by atoms with Crippen LogP contribution >= 0.6 is 0 Å². The monoisotopic (exact) mass is 192 g/mol. The molecule has 1 heterocycles. The first-order valence-corrected chi connectivity index (χ1v) is 4.62. The highest BCUT2D eigenvalue weighted by Gasteiger charge is 2.23. The zero-order valence-electron chi connectivity index (χ0n) is 8.03. The molecule has 2 rings (SSSR count). The molecule has 14 heavy (non-hydrogen) atoms. The summed E-state index contributed by atoms with van der Waals surface area (Å²) in [6, 6.07) is 5.63. The summed E-state index contributed by atoms with van der Waals surface area (Å²) in [6.45, 7) is 0.580. The van der Waals surface area contributed by atoms with Crippen LogP contribution in [0.2, 0.25) is 0 Å². The zero-order chi connectivity index (χ0) is 9.97. The molecule has 1 aliphatic heterocycles. The van der Waals surface area contributed by atoms with Gasteiger partial charge in [-0.25, -0.2) is 0 Å². The van der Waals surface area contributed by atoms with Gasteiger partial charge in [0.15, 0.2) is 11.5 Å². The van der Waals surface area contributed by atoms with E-state index in [4.69, 9.17) is 9.47 Å². The highest BCUT2D eigenvalue weighted by molar-refractivity contribution is 5.67. The summed E-state index contributed by atoms with van der Waals surface area (Å²) in [5, 5.41) is 0. The molecule has 3 nitrogen and oxygen atoms in total. The fraction of sp³-hybridized carbons (Fsp3) is 0.364. The van der Waals surface area contributed by atoms with Gasteiger partial charge < -0.3 is 14.3 Å². The smallest absolute Gasteiger partial charge is 0.165 e. The van der Waals surface area contributed by atoms with Crippen molar-refractivity contribution in [2.45, 2.75) is 12.3 Å². The van der Waals surface area contributed by atoms with Crippen LogP contribution in [0.5, 0.6) is 11.5 Å². The molecule has 0 saturated heterocycles. The first-order chi connectivity index (χ1) is 6.86. The molecule has 0 aliphatic carbocycles. The Morgan fingerprint density at radius 3 is 3.14 bits per heavy atom. The van der Waals surface area contributed by atoms with E-state index in [0.717, 1.165) is 24.0 Å². The Labute approximate surface area is 82.6 Å². The van der Waals surface area contributed by atoms with Gasteiger partial charge in [-0.1, -0.05) is 12.1 Å². The minimum Gasteiger partial charge on any atom is -0.493 e. The first-order valence-electron chi connectivity index (χ1n) is 4.62. The Hall–Kier alpha value is -1.51. The number of carbonyl (C=O) groups is 1. The molecule has 1 unspecified atom stereocenters. The van der Waals surface area contributed by atoms with Gasteiger partial charge in [-0.05, 0) is 12.5 Å². The Balaban J connectivity index is 2.48. The molecule has 0 fully saturated rings. The van der Waals surface area contributed by atoms with Crippen molar-refractivity contribution in [3.05, 3.63) is 23.8 Å². The van der Waals surface area contributed by atoms with Gasteiger partial charge in [0.2, 0.25) is 0 Å². The Kier molecular flexibility index (Phi) is 2.39. The van der Waals surface area contributed by atoms with E-state index in [2.05, 4.69) is 0 Å². The van der Waals surface area contributed by atoms with Gasteiger partial charge in [0.05, 0.1) is 13.7 Å². The van der Waals surface area contributed by atoms with Crippen LogP contribution in [0.4, 0.5) is 0 Å². The lowest BCUT2D eigenvalue weighted by molar-refractivity contribution is -0.109. The lowest BCUT2D eigenvalue weighted by Gasteiger charge is -2.23. The quantitative estimate of drug-likeness (QED) is 0.670. The second kappa shape index (κ2) is 3.70. The summed E-state index contributed by atoms with van der Waals surface area (Å²) in [5.41, 5.74) is 0.936. The standard InChI is InChI=1S/C11H12O3/c1-13-10-4-2-3-9-8(7-12)5-6-14-11(9)10/h2-4,7-8H,5-6H2,1H3. The van der Waals surface area contributed by atoms with Gasteiger partial charge in [-0.2, -0.15) is 0 Å². The second-order valence-electron chi connectivity index (χ2n) is 3.26. The molecule has 1 aliphatic rings. The topological polar surface area (TPSA) is 35.5 Å². The van der Waals surface area contributed by atoms with Crippen LogP contribution in [-0.2, 0) is 4.79 Å². The Morgan fingerprint density at radius 1 is 1.57 bits per heavy atom. The predicted octanol–water partition coefficient (Wildman–Crippen LogP) is 1.76. The molecule has 0 bridgehead atoms. The molecular weight excluding hydrogens is 180 g/mol. The summed E-state index contributed by atoms with van der Waals surface area (Å²) in [6.07, 6.45) is 1.73. The lowest BCUT2D eigenvalue weighted by atomic mass is 9.94. The SMILES string of the molecule is COc1cccc2c1OCCC2C=O. The fourth-order valence-electron chi connectivity index (χ4n) is 1.72. The molecule has 1 aromatic carbocycles. The molecule has 0 aromatic heterocycles. The molecule has 0 saturated carbocycles. The van der Waals surface area contributed by atoms with Crippen LogP contribution in [0.25, 0.3) is 0 Å². The van der Waals surface area contributed by atoms with E-state index < -0.39 is 0 Å². The first kappa shape index (κ1) is 9.06. The van der Waals surface area contributed by atoms with E-state index in [0.29, 0.717) is 12.4 Å². The van der Waals surface area contributed by atoms with Crippen LogP contribution in [0.3, 0.4) is 0 Å². The van der Waals surface area contributed by atoms with Crippen molar-refractivity contribution in [1.82, 2.24) is 0 Å². The van der Waals surface area contributed by atoms with Gasteiger partial charge in [-0.15, -0.1) is 0 Å². The second-order valence-corrected chi connectivity index (χ2v) is 3.26. The van der Waals surface area contributed by atoms with Gasteiger partial charge in [0.1, 0.15) is 6.29 Å². The van der Waals surface area contributed by atoms with Crippen LogP contribution in [0.15, 0.2) is 18.2 Å². The third-order valence-electron chi connectivity index (χ3n) is 2.47. The molecule has 3 heteroatoms. The number of hydrogen-bond acceptors (Lipinski definition) is 3. The lowest BCUT2D eigenvalue weighted by Crippen LogP contribution is -2.15. The Bertz CT molecular complexity index is 346. The summed E-state index contributed by atoms with van der Waals surface area (Å²) < 4.78 is 10.7. The van der Waals surface area contributed by atoms with Gasteiger partial charge >= 0.3 is 0 Å². The maximum absolute atomic E-state index is 10.8. The number of rotatable bonds is 2. The van der Waals surface area contributed by atoms with Gasteiger partial charge in [-0.3, -0.25) is 0 Å². The average Bonchev–Trinajstić information content (AvgIpc) is 2.27. The van der Waals surface area contributed by atoms with Crippen LogP contribution in [0.1, 0.15) is 17.9 Å². The summed E-state index contributed by atoms with van der Waals surface area (Å²) >= 11 is 0. The maximum Gasteiger partial charge on any atom is 0.165 e. The van der Waals surface area contributed by atoms with Crippen molar-refractivity contribution in [3.63, 3.8) is 0 Å². The molecule has 0 amide bonds. The Morgan fingerprint density at radius 2 is 2.43 bits per heavy atom. The maximum atomic E-state index is 10.8. The van der Waals surface area contributed by atoms with Crippen LogP contribution in [0, 0.1) is 0 Å². The largest absolute Gasteiger partial charge is 0.493 e. The minimum absolute atomic E-state index is 0.0474. The van der Waals surface area contributed by atoms with E-state index in [1.54, 1.807) is 7.11 Å². The van der Waals surface area contributed by atoms with Crippen LogP contribution < -0.4 is 9.47 Å². The molecule has 1 atom stereocenters. The van der Waals surface area contributed by atoms with Crippen molar-refractivity contribution >= 4 is 6.29 Å². The van der Waals surface area contributed by atoms with E-state index in [1.807, 2.05) is 18.2 Å². The number of fused-ring (bicyclic) bond motifs is 1. The van der Waals surface area contributed by atoms with Crippen molar-refractivity contribution in [2.24, 2.45) is 0 Å². The van der Waals surface area contributed by atoms with Crippen LogP contribution in [-0.4, -0.2) is 20.0 Å². The van der Waals surface area contributed by atoms with Crippen molar-refractivity contribution in [2.75, 3.05) is 13.7 Å². The highest BCUT2D eigenvalue weighted by atomic mass is 16.5. The third kappa shape index (κ3) is 1.35. The molecule has 0 N–H and O–H groups in total. The summed E-state index contributed by atoms with van der Waals surface area (Å²) in [5.74, 6) is 1.38. The van der Waals surface area contributed by atoms with Crippen molar-refractivity contribution < 1.29 is 14.3 Å². The number of para-hydroxylation sites is 1. The zero-order valence-corrected chi connectivity index (χ0v) is 8.03. The number of aldehydes is 1. The number of carbonyl (C=O) groups excluding carboxylic acids is 1. The van der Waals surface area contributed by atoms with Gasteiger partial charge in [0.25, 0.3) is 0 Å². The van der Waals surface area contributed by atoms with Crippen molar-refractivity contribution in [1.29, 1.82) is 0 Å². The summed E-state index contributed by atoms with van der Waals surface area (Å²) in [4.78, 5) is 10.8. The third-order valence-corrected chi connectivity index (χ3v) is 2.47. The molecule has 0 spiro atoms. The average molecular weight is 192 g/mol. The minimum atomic E-state index is -0.0474. The van der Waals surface area contributed by atoms with E-state index >= 15 is 0 Å². The summed E-state index contributed by atoms with van der Waals surface area (Å²) in [7, 11) is 1.60. The molecular formula is C11H12O3. The molecule has 1 aromatic rings. The van der Waals surface area contributed by atoms with Gasteiger partial charge in [0, 0.05) is 11.5 Å². The van der Waals surface area contributed by atoms with E-state index in [-0.39, 0.29) is 5.92 Å². The predicted molar refractivity (Wildman–Crippen MR) is 51.9 cm³/mol. The number of methoxy groups -OCH3 is 1. The highest BCUT2D eigenvalue weighted by Crippen LogP contribution is 2.39. The normalized spacial score (nSPS) is 19.4. The molecule has 74 valence electrons. The number of hydrogen-bond donors (Lipinski definition) is 0. The molecule has 0 radical (unpaired) electrons. The number of ether oxygens (including phenoxy) is 2. The van der Waals surface area contributed by atoms with Crippen molar-refractivity contribution in [3.8, 4) is 11.5 Å². The fourth-order valence-corrected chi connectivity index (χ4v) is 1.72. The van der Waals surface area contributed by atoms with E-state index in [1.165, 1.54) is 0 Å². The van der Waals surface area contributed by atoms with E-state index in [9.17, 15) is 4.79 Å². The number of benzene rings is 1.